The molecule has 5 nitrogen and oxygen atoms in total. The van der Waals surface area contributed by atoms with Gasteiger partial charge in [-0.25, -0.2) is 21.9 Å². The maximum absolute atomic E-state index is 11.9. The molecule has 0 fully saturated rings. The number of sulfonamides is 1. The molecule has 0 atom stereocenters. The molecule has 1 aromatic rings. The van der Waals surface area contributed by atoms with Crippen LogP contribution < -0.4 is 10.0 Å². The average molecular weight is 282 g/mol. The Balaban J connectivity index is 2.66. The topological polar surface area (TPSA) is 71.3 Å². The van der Waals surface area contributed by atoms with Crippen LogP contribution in [0.5, 0.6) is 0 Å². The highest BCUT2D eigenvalue weighted by Crippen LogP contribution is 2.14. The first kappa shape index (κ1) is 15.1. The highest BCUT2D eigenvalue weighted by Gasteiger charge is 2.20. The zero-order chi connectivity index (χ0) is 13.8. The van der Waals surface area contributed by atoms with E-state index in [1.807, 2.05) is 13.8 Å². The Morgan fingerprint density at radius 2 is 2.00 bits per heavy atom. The number of rotatable bonds is 7. The van der Waals surface area contributed by atoms with Crippen molar-refractivity contribution in [2.45, 2.75) is 38.0 Å². The maximum atomic E-state index is 11.9. The zero-order valence-electron chi connectivity index (χ0n) is 10.1. The summed E-state index contributed by atoms with van der Waals surface area (Å²) in [5, 5.41) is 2.69. The molecule has 0 aliphatic heterocycles. The zero-order valence-corrected chi connectivity index (χ0v) is 10.9. The van der Waals surface area contributed by atoms with Crippen LogP contribution in [-0.4, -0.2) is 27.4 Å². The minimum Gasteiger partial charge on any atom is -0.447 e. The van der Waals surface area contributed by atoms with Crippen LogP contribution in [0.2, 0.25) is 0 Å². The molecule has 0 saturated carbocycles. The molecule has 8 heteroatoms. The third kappa shape index (κ3) is 4.71. The van der Waals surface area contributed by atoms with E-state index in [9.17, 15) is 17.2 Å². The molecule has 2 N–H and O–H groups in total. The van der Waals surface area contributed by atoms with Crippen molar-refractivity contribution in [1.29, 1.82) is 0 Å². The molecule has 1 aromatic heterocycles. The minimum atomic E-state index is -4.00. The number of alkyl halides is 2. The lowest BCUT2D eigenvalue weighted by Crippen LogP contribution is -2.28. The lowest BCUT2D eigenvalue weighted by atomic mass is 10.3. The van der Waals surface area contributed by atoms with Gasteiger partial charge in [-0.15, -0.1) is 0 Å². The summed E-state index contributed by atoms with van der Waals surface area (Å²) in [7, 11) is -4.00. The normalized spacial score (nSPS) is 12.6. The van der Waals surface area contributed by atoms with Gasteiger partial charge in [-0.1, -0.05) is 13.8 Å². The van der Waals surface area contributed by atoms with Crippen LogP contribution in [0, 0.1) is 0 Å². The molecule has 1 heterocycles. The first-order valence-corrected chi connectivity index (χ1v) is 6.89. The Kier molecular flexibility index (Phi) is 5.24. The van der Waals surface area contributed by atoms with Gasteiger partial charge in [-0.05, 0) is 12.1 Å². The fraction of sp³-hybridized carbons (Fsp3) is 0.600. The van der Waals surface area contributed by atoms with E-state index in [2.05, 4.69) is 5.32 Å². The second kappa shape index (κ2) is 6.26. The molecular weight excluding hydrogens is 266 g/mol. The van der Waals surface area contributed by atoms with E-state index >= 15 is 0 Å². The van der Waals surface area contributed by atoms with Gasteiger partial charge in [0.15, 0.2) is 0 Å². The fourth-order valence-electron chi connectivity index (χ4n) is 1.15. The van der Waals surface area contributed by atoms with Crippen LogP contribution in [0.3, 0.4) is 0 Å². The summed E-state index contributed by atoms with van der Waals surface area (Å²) in [6, 6.07) is 2.96. The minimum absolute atomic E-state index is 0.229. The van der Waals surface area contributed by atoms with E-state index in [-0.39, 0.29) is 11.1 Å². The summed E-state index contributed by atoms with van der Waals surface area (Å²) in [6.45, 7) is 3.32. The third-order valence-corrected chi connectivity index (χ3v) is 3.31. The van der Waals surface area contributed by atoms with Gasteiger partial charge in [0, 0.05) is 6.04 Å². The maximum Gasteiger partial charge on any atom is 0.274 e. The molecule has 0 radical (unpaired) electrons. The van der Waals surface area contributed by atoms with Gasteiger partial charge in [0.2, 0.25) is 5.09 Å². The van der Waals surface area contributed by atoms with Gasteiger partial charge in [-0.3, -0.25) is 0 Å². The van der Waals surface area contributed by atoms with Crippen LogP contribution in [0.1, 0.15) is 19.6 Å². The second-order valence-corrected chi connectivity index (χ2v) is 5.70. The van der Waals surface area contributed by atoms with E-state index in [0.29, 0.717) is 12.3 Å². The molecule has 0 amide bonds. The lowest BCUT2D eigenvalue weighted by Gasteiger charge is -2.05. The highest BCUT2D eigenvalue weighted by molar-refractivity contribution is 7.89. The molecule has 1 rings (SSSR count). The Morgan fingerprint density at radius 1 is 1.33 bits per heavy atom. The van der Waals surface area contributed by atoms with Crippen molar-refractivity contribution in [1.82, 2.24) is 10.0 Å². The largest absolute Gasteiger partial charge is 0.447 e. The molecule has 0 aromatic carbocycles. The smallest absolute Gasteiger partial charge is 0.274 e. The second-order valence-electron chi connectivity index (χ2n) is 4.00. The van der Waals surface area contributed by atoms with Gasteiger partial charge in [-0.2, -0.15) is 0 Å². The number of halogens is 2. The van der Waals surface area contributed by atoms with Crippen molar-refractivity contribution in [2.24, 2.45) is 0 Å². The summed E-state index contributed by atoms with van der Waals surface area (Å²) in [5.74, 6) is 0.432. The van der Waals surface area contributed by atoms with Crippen molar-refractivity contribution < 1.29 is 21.6 Å². The van der Waals surface area contributed by atoms with Gasteiger partial charge in [0.1, 0.15) is 5.76 Å². The molecule has 104 valence electrons. The van der Waals surface area contributed by atoms with Crippen LogP contribution in [-0.2, 0) is 16.6 Å². The molecule has 18 heavy (non-hydrogen) atoms. The predicted octanol–water partition coefficient (Wildman–Crippen LogP) is 1.32. The Labute approximate surface area is 105 Å². The summed E-state index contributed by atoms with van der Waals surface area (Å²) in [4.78, 5) is 0. The summed E-state index contributed by atoms with van der Waals surface area (Å²) in [6.07, 6.45) is -2.74. The Morgan fingerprint density at radius 3 is 2.56 bits per heavy atom. The number of hydrogen-bond acceptors (Lipinski definition) is 4. The first-order valence-electron chi connectivity index (χ1n) is 5.41. The van der Waals surface area contributed by atoms with Crippen LogP contribution in [0.25, 0.3) is 0 Å². The van der Waals surface area contributed by atoms with Crippen molar-refractivity contribution >= 4 is 10.0 Å². The highest BCUT2D eigenvalue weighted by atomic mass is 32.2. The molecule has 0 aliphatic carbocycles. The summed E-state index contributed by atoms with van der Waals surface area (Å²) < 4.78 is 53.7. The van der Waals surface area contributed by atoms with E-state index in [4.69, 9.17) is 4.42 Å². The van der Waals surface area contributed by atoms with Crippen molar-refractivity contribution in [3.63, 3.8) is 0 Å². The fourth-order valence-corrected chi connectivity index (χ4v) is 2.10. The van der Waals surface area contributed by atoms with Gasteiger partial charge < -0.3 is 9.73 Å². The van der Waals surface area contributed by atoms with Crippen LogP contribution in [0.15, 0.2) is 21.6 Å². The molecule has 0 spiro atoms. The van der Waals surface area contributed by atoms with Crippen molar-refractivity contribution in [2.75, 3.05) is 6.54 Å². The first-order chi connectivity index (χ1) is 8.31. The monoisotopic (exact) mass is 282 g/mol. The number of hydrogen-bond donors (Lipinski definition) is 2. The summed E-state index contributed by atoms with van der Waals surface area (Å²) in [5.41, 5.74) is 0. The number of furan rings is 1. The molecule has 0 bridgehead atoms. The third-order valence-electron chi connectivity index (χ3n) is 2.01. The van der Waals surface area contributed by atoms with E-state index in [1.165, 1.54) is 12.1 Å². The quantitative estimate of drug-likeness (QED) is 0.791. The van der Waals surface area contributed by atoms with Crippen LogP contribution >= 0.6 is 0 Å². The van der Waals surface area contributed by atoms with Gasteiger partial charge in [0.25, 0.3) is 16.4 Å². The lowest BCUT2D eigenvalue weighted by molar-refractivity contribution is 0.153. The SMILES string of the molecule is CC(C)NCc1ccc(S(=O)(=O)NCC(F)F)o1. The average Bonchev–Trinajstić information content (AvgIpc) is 2.73. The molecule has 0 saturated heterocycles. The molecular formula is C10H16F2N2O3S. The Hall–Kier alpha value is -0.990. The van der Waals surface area contributed by atoms with Gasteiger partial charge >= 0.3 is 0 Å². The molecule has 0 unspecified atom stereocenters. The van der Waals surface area contributed by atoms with Crippen molar-refractivity contribution in [3.05, 3.63) is 17.9 Å². The van der Waals surface area contributed by atoms with E-state index in [0.717, 1.165) is 0 Å². The van der Waals surface area contributed by atoms with Gasteiger partial charge in [0.05, 0.1) is 13.1 Å². The standard InChI is InChI=1S/C10H16F2N2O3S/c1-7(2)13-5-8-3-4-10(17-8)18(15,16)14-6-9(11)12/h3-4,7,9,13-14H,5-6H2,1-2H3. The summed E-state index contributed by atoms with van der Waals surface area (Å²) >= 11 is 0. The van der Waals surface area contributed by atoms with E-state index in [1.54, 1.807) is 4.72 Å². The van der Waals surface area contributed by atoms with Crippen LogP contribution in [0.4, 0.5) is 8.78 Å². The number of nitrogens with one attached hydrogen (secondary N) is 2. The van der Waals surface area contributed by atoms with Crippen molar-refractivity contribution in [3.8, 4) is 0 Å². The Bertz CT molecular complexity index is 471. The molecule has 0 aliphatic rings. The predicted molar refractivity (Wildman–Crippen MR) is 61.9 cm³/mol. The van der Waals surface area contributed by atoms with E-state index < -0.39 is 23.0 Å².